The Bertz CT molecular complexity index is 968. The summed E-state index contributed by atoms with van der Waals surface area (Å²) >= 11 is 0. The highest BCUT2D eigenvalue weighted by Crippen LogP contribution is 2.55. The van der Waals surface area contributed by atoms with Crippen LogP contribution < -0.4 is 10.1 Å². The van der Waals surface area contributed by atoms with E-state index in [9.17, 15) is 4.79 Å². The number of ether oxygens (including phenoxy) is 1. The van der Waals surface area contributed by atoms with Crippen LogP contribution in [-0.2, 0) is 0 Å². The van der Waals surface area contributed by atoms with Crippen molar-refractivity contribution in [2.75, 3.05) is 0 Å². The summed E-state index contributed by atoms with van der Waals surface area (Å²) < 4.78 is 6.35. The highest BCUT2D eigenvalue weighted by Gasteiger charge is 2.64. The molecule has 0 atom stereocenters. The van der Waals surface area contributed by atoms with Crippen molar-refractivity contribution in [1.29, 1.82) is 5.26 Å². The summed E-state index contributed by atoms with van der Waals surface area (Å²) in [5.74, 6) is 0.961. The Kier molecular flexibility index (Phi) is 5.64. The van der Waals surface area contributed by atoms with E-state index in [4.69, 9.17) is 10.00 Å². The van der Waals surface area contributed by atoms with Gasteiger partial charge < -0.3 is 10.1 Å². The zero-order valence-corrected chi connectivity index (χ0v) is 18.9. The Labute approximate surface area is 179 Å². The normalized spacial score (nSPS) is 21.4. The summed E-state index contributed by atoms with van der Waals surface area (Å²) in [4.78, 5) is 17.3. The van der Waals surface area contributed by atoms with E-state index >= 15 is 0 Å². The summed E-state index contributed by atoms with van der Waals surface area (Å²) in [7, 11) is 0. The van der Waals surface area contributed by atoms with Crippen molar-refractivity contribution in [1.82, 2.24) is 10.3 Å². The van der Waals surface area contributed by atoms with Crippen LogP contribution in [0.15, 0.2) is 36.5 Å². The van der Waals surface area contributed by atoms with Gasteiger partial charge in [-0.3, -0.25) is 9.78 Å². The van der Waals surface area contributed by atoms with Gasteiger partial charge in [-0.1, -0.05) is 41.5 Å². The molecule has 1 amide bonds. The van der Waals surface area contributed by atoms with Crippen LogP contribution >= 0.6 is 0 Å². The van der Waals surface area contributed by atoms with Crippen molar-refractivity contribution in [3.05, 3.63) is 58.9 Å². The molecule has 0 aliphatic heterocycles. The fourth-order valence-electron chi connectivity index (χ4n) is 4.87. The average molecular weight is 406 g/mol. The highest BCUT2D eigenvalue weighted by atomic mass is 16.5. The lowest BCUT2D eigenvalue weighted by Crippen LogP contribution is -2.74. The van der Waals surface area contributed by atoms with Gasteiger partial charge in [0, 0.05) is 28.8 Å². The first-order valence-corrected chi connectivity index (χ1v) is 10.4. The molecular formula is C25H31N3O2. The highest BCUT2D eigenvalue weighted by molar-refractivity contribution is 5.94. The number of nitrogens with zero attached hydrogens (tertiary/aromatic N) is 2. The fourth-order valence-corrected chi connectivity index (χ4v) is 4.87. The number of hydrogen-bond acceptors (Lipinski definition) is 4. The molecule has 158 valence electrons. The standard InChI is InChI=1S/C25H31N3O2/c1-15(2)20-11-9-18(14-27-20)21(29)28-22-24(4,5)23(25(22,6)7)30-19-10-8-17(13-26)16(3)12-19/h8-12,14-15,22-23H,1-7H3,(H,28,29). The van der Waals surface area contributed by atoms with Crippen LogP contribution in [0.3, 0.4) is 0 Å². The molecule has 1 aromatic carbocycles. The van der Waals surface area contributed by atoms with Crippen molar-refractivity contribution in [3.63, 3.8) is 0 Å². The van der Waals surface area contributed by atoms with E-state index in [1.54, 1.807) is 12.3 Å². The summed E-state index contributed by atoms with van der Waals surface area (Å²) in [5.41, 5.74) is 2.57. The molecule has 1 aliphatic carbocycles. The minimum atomic E-state index is -0.258. The average Bonchev–Trinajstić information content (AvgIpc) is 2.69. The quantitative estimate of drug-likeness (QED) is 0.760. The van der Waals surface area contributed by atoms with Crippen LogP contribution in [0.4, 0.5) is 0 Å². The maximum Gasteiger partial charge on any atom is 0.253 e. The Balaban J connectivity index is 1.74. The Morgan fingerprint density at radius 2 is 1.83 bits per heavy atom. The van der Waals surface area contributed by atoms with Crippen LogP contribution in [0.5, 0.6) is 5.75 Å². The lowest BCUT2D eigenvalue weighted by molar-refractivity contribution is -0.164. The van der Waals surface area contributed by atoms with Crippen molar-refractivity contribution in [2.24, 2.45) is 10.8 Å². The molecule has 5 nitrogen and oxygen atoms in total. The molecule has 0 spiro atoms. The summed E-state index contributed by atoms with van der Waals surface area (Å²) in [5, 5.41) is 12.3. The molecule has 0 bridgehead atoms. The number of aromatic nitrogens is 1. The Morgan fingerprint density at radius 3 is 2.33 bits per heavy atom. The lowest BCUT2D eigenvalue weighted by atomic mass is 9.49. The fraction of sp³-hybridized carbons (Fsp3) is 0.480. The van der Waals surface area contributed by atoms with Crippen molar-refractivity contribution in [2.45, 2.75) is 66.5 Å². The second kappa shape index (κ2) is 7.75. The van der Waals surface area contributed by atoms with Gasteiger partial charge in [0.15, 0.2) is 0 Å². The van der Waals surface area contributed by atoms with Crippen LogP contribution in [0.1, 0.15) is 74.6 Å². The number of nitrogens with one attached hydrogen (secondary N) is 1. The topological polar surface area (TPSA) is 75.0 Å². The van der Waals surface area contributed by atoms with Gasteiger partial charge in [-0.15, -0.1) is 0 Å². The summed E-state index contributed by atoms with van der Waals surface area (Å²) in [6.45, 7) is 14.5. The lowest BCUT2D eigenvalue weighted by Gasteiger charge is -2.63. The molecule has 30 heavy (non-hydrogen) atoms. The first kappa shape index (κ1) is 21.8. The van der Waals surface area contributed by atoms with E-state index in [2.05, 4.69) is 57.9 Å². The van der Waals surface area contributed by atoms with E-state index in [1.807, 2.05) is 31.2 Å². The minimum Gasteiger partial charge on any atom is -0.489 e. The zero-order chi connectivity index (χ0) is 22.3. The molecule has 1 aliphatic rings. The van der Waals surface area contributed by atoms with Crippen LogP contribution in [0, 0.1) is 29.1 Å². The number of amides is 1. The third-order valence-electron chi connectivity index (χ3n) is 6.33. The van der Waals surface area contributed by atoms with Gasteiger partial charge >= 0.3 is 0 Å². The second-order valence-electron chi connectivity index (χ2n) is 9.76. The number of rotatable bonds is 5. The van der Waals surface area contributed by atoms with Crippen LogP contribution in [0.25, 0.3) is 0 Å². The van der Waals surface area contributed by atoms with Crippen molar-refractivity contribution < 1.29 is 9.53 Å². The summed E-state index contributed by atoms with van der Waals surface area (Å²) in [6.07, 6.45) is 1.57. The molecule has 0 unspecified atom stereocenters. The number of hydrogen-bond donors (Lipinski definition) is 1. The van der Waals surface area contributed by atoms with Crippen LogP contribution in [0.2, 0.25) is 0 Å². The van der Waals surface area contributed by atoms with Crippen molar-refractivity contribution in [3.8, 4) is 11.8 Å². The number of carbonyl (C=O) groups excluding carboxylic acids is 1. The summed E-state index contributed by atoms with van der Waals surface area (Å²) in [6, 6.07) is 11.4. The van der Waals surface area contributed by atoms with E-state index in [1.165, 1.54) is 0 Å². The first-order chi connectivity index (χ1) is 14.0. The molecule has 3 rings (SSSR count). The third kappa shape index (κ3) is 3.79. The minimum absolute atomic E-state index is 0.0493. The van der Waals surface area contributed by atoms with Gasteiger partial charge in [-0.2, -0.15) is 5.26 Å². The van der Waals surface area contributed by atoms with Gasteiger partial charge in [0.25, 0.3) is 5.91 Å². The van der Waals surface area contributed by atoms with E-state index in [-0.39, 0.29) is 28.9 Å². The Morgan fingerprint density at radius 1 is 1.17 bits per heavy atom. The number of pyridine rings is 1. The van der Waals surface area contributed by atoms with Gasteiger partial charge in [-0.05, 0) is 48.7 Å². The molecule has 1 N–H and O–H groups in total. The molecule has 1 saturated carbocycles. The van der Waals surface area contributed by atoms with Gasteiger partial charge in [0.1, 0.15) is 11.9 Å². The molecule has 2 aromatic rings. The molecule has 1 heterocycles. The second-order valence-corrected chi connectivity index (χ2v) is 9.76. The number of carbonyl (C=O) groups is 1. The molecular weight excluding hydrogens is 374 g/mol. The predicted octanol–water partition coefficient (Wildman–Crippen LogP) is 5.00. The van der Waals surface area contributed by atoms with Gasteiger partial charge in [0.2, 0.25) is 0 Å². The predicted molar refractivity (Wildman–Crippen MR) is 117 cm³/mol. The maximum absolute atomic E-state index is 12.9. The van der Waals surface area contributed by atoms with Gasteiger partial charge in [0.05, 0.1) is 17.2 Å². The van der Waals surface area contributed by atoms with Gasteiger partial charge in [-0.25, -0.2) is 0 Å². The van der Waals surface area contributed by atoms with E-state index < -0.39 is 0 Å². The van der Waals surface area contributed by atoms with E-state index in [0.29, 0.717) is 17.0 Å². The van der Waals surface area contributed by atoms with Crippen LogP contribution in [-0.4, -0.2) is 23.0 Å². The van der Waals surface area contributed by atoms with Crippen molar-refractivity contribution >= 4 is 5.91 Å². The molecule has 1 aromatic heterocycles. The molecule has 1 fully saturated rings. The number of nitriles is 1. The number of benzene rings is 1. The molecule has 0 radical (unpaired) electrons. The first-order valence-electron chi connectivity index (χ1n) is 10.4. The zero-order valence-electron chi connectivity index (χ0n) is 18.9. The number of aryl methyl sites for hydroxylation is 1. The monoisotopic (exact) mass is 405 g/mol. The largest absolute Gasteiger partial charge is 0.489 e. The smallest absolute Gasteiger partial charge is 0.253 e. The Hall–Kier alpha value is -2.87. The molecule has 0 saturated heterocycles. The van der Waals surface area contributed by atoms with E-state index in [0.717, 1.165) is 17.0 Å². The molecule has 5 heteroatoms. The maximum atomic E-state index is 12.9. The third-order valence-corrected chi connectivity index (χ3v) is 6.33. The SMILES string of the molecule is Cc1cc(OC2C(C)(C)C(NC(=O)c3ccc(C(C)C)nc3)C2(C)C)ccc1C#N.